The molecule has 0 bridgehead atoms. The SMILES string of the molecule is COc1ccc(/C=C/C(=O)Nc2cccc(-c3ccnc(C)n3)c2)cc1OC. The van der Waals surface area contributed by atoms with Gasteiger partial charge >= 0.3 is 0 Å². The molecule has 0 spiro atoms. The van der Waals surface area contributed by atoms with Crippen LogP contribution in [0.5, 0.6) is 11.5 Å². The van der Waals surface area contributed by atoms with Crippen molar-refractivity contribution in [3.8, 4) is 22.8 Å². The fourth-order valence-electron chi connectivity index (χ4n) is 2.69. The number of benzene rings is 2. The van der Waals surface area contributed by atoms with E-state index in [2.05, 4.69) is 15.3 Å². The van der Waals surface area contributed by atoms with E-state index in [1.807, 2.05) is 43.3 Å². The average molecular weight is 375 g/mol. The van der Waals surface area contributed by atoms with E-state index in [4.69, 9.17) is 9.47 Å². The van der Waals surface area contributed by atoms with Gasteiger partial charge in [0.15, 0.2) is 11.5 Å². The molecule has 0 fully saturated rings. The van der Waals surface area contributed by atoms with Crippen molar-refractivity contribution in [1.82, 2.24) is 9.97 Å². The van der Waals surface area contributed by atoms with Gasteiger partial charge in [-0.2, -0.15) is 0 Å². The van der Waals surface area contributed by atoms with E-state index in [1.54, 1.807) is 38.6 Å². The summed E-state index contributed by atoms with van der Waals surface area (Å²) >= 11 is 0. The minimum atomic E-state index is -0.231. The van der Waals surface area contributed by atoms with Crippen LogP contribution in [0.2, 0.25) is 0 Å². The molecule has 0 aliphatic rings. The van der Waals surface area contributed by atoms with Crippen molar-refractivity contribution in [3.05, 3.63) is 72.2 Å². The molecule has 2 aromatic carbocycles. The molecule has 3 aromatic rings. The second-order valence-electron chi connectivity index (χ2n) is 6.01. The number of aromatic nitrogens is 2. The molecule has 0 aliphatic carbocycles. The van der Waals surface area contributed by atoms with Gasteiger partial charge in [0, 0.05) is 23.5 Å². The summed E-state index contributed by atoms with van der Waals surface area (Å²) in [6.45, 7) is 1.84. The summed E-state index contributed by atoms with van der Waals surface area (Å²) in [7, 11) is 3.15. The highest BCUT2D eigenvalue weighted by molar-refractivity contribution is 6.02. The highest BCUT2D eigenvalue weighted by atomic mass is 16.5. The number of methoxy groups -OCH3 is 2. The third-order valence-corrected chi connectivity index (χ3v) is 4.04. The highest BCUT2D eigenvalue weighted by Crippen LogP contribution is 2.28. The first-order valence-corrected chi connectivity index (χ1v) is 8.70. The Labute approximate surface area is 163 Å². The van der Waals surface area contributed by atoms with Gasteiger partial charge < -0.3 is 14.8 Å². The summed E-state index contributed by atoms with van der Waals surface area (Å²) in [5.41, 5.74) is 3.24. The quantitative estimate of drug-likeness (QED) is 0.656. The summed E-state index contributed by atoms with van der Waals surface area (Å²) in [5.74, 6) is 1.72. The maximum atomic E-state index is 12.3. The maximum absolute atomic E-state index is 12.3. The van der Waals surface area contributed by atoms with Gasteiger partial charge in [-0.3, -0.25) is 4.79 Å². The minimum absolute atomic E-state index is 0.231. The number of hydrogen-bond acceptors (Lipinski definition) is 5. The number of ether oxygens (including phenoxy) is 2. The lowest BCUT2D eigenvalue weighted by Gasteiger charge is -2.08. The topological polar surface area (TPSA) is 73.3 Å². The van der Waals surface area contributed by atoms with Crippen molar-refractivity contribution in [2.75, 3.05) is 19.5 Å². The van der Waals surface area contributed by atoms with E-state index in [-0.39, 0.29) is 5.91 Å². The third-order valence-electron chi connectivity index (χ3n) is 4.04. The molecular formula is C22H21N3O3. The smallest absolute Gasteiger partial charge is 0.248 e. The summed E-state index contributed by atoms with van der Waals surface area (Å²) in [4.78, 5) is 20.8. The monoisotopic (exact) mass is 375 g/mol. The zero-order valence-corrected chi connectivity index (χ0v) is 16.0. The second-order valence-corrected chi connectivity index (χ2v) is 6.01. The molecule has 1 aromatic heterocycles. The summed E-state index contributed by atoms with van der Waals surface area (Å²) in [6, 6.07) is 14.8. The molecule has 0 saturated heterocycles. The first-order valence-electron chi connectivity index (χ1n) is 8.70. The lowest BCUT2D eigenvalue weighted by molar-refractivity contribution is -0.111. The Balaban J connectivity index is 1.71. The van der Waals surface area contributed by atoms with E-state index in [0.717, 1.165) is 16.8 Å². The van der Waals surface area contributed by atoms with Crippen LogP contribution in [-0.4, -0.2) is 30.1 Å². The van der Waals surface area contributed by atoms with Gasteiger partial charge in [0.1, 0.15) is 5.82 Å². The largest absolute Gasteiger partial charge is 0.493 e. The number of anilines is 1. The summed E-state index contributed by atoms with van der Waals surface area (Å²) < 4.78 is 10.5. The zero-order valence-electron chi connectivity index (χ0n) is 16.0. The van der Waals surface area contributed by atoms with Crippen LogP contribution >= 0.6 is 0 Å². The van der Waals surface area contributed by atoms with Crippen LogP contribution in [0.1, 0.15) is 11.4 Å². The Kier molecular flexibility index (Phi) is 6.01. The van der Waals surface area contributed by atoms with Crippen LogP contribution in [0.25, 0.3) is 17.3 Å². The van der Waals surface area contributed by atoms with Crippen molar-refractivity contribution in [3.63, 3.8) is 0 Å². The molecule has 3 rings (SSSR count). The predicted molar refractivity (Wildman–Crippen MR) is 109 cm³/mol. The summed E-state index contributed by atoms with van der Waals surface area (Å²) in [6.07, 6.45) is 4.91. The van der Waals surface area contributed by atoms with Crippen LogP contribution in [0.4, 0.5) is 5.69 Å². The number of rotatable bonds is 6. The van der Waals surface area contributed by atoms with Crippen molar-refractivity contribution >= 4 is 17.7 Å². The van der Waals surface area contributed by atoms with E-state index >= 15 is 0 Å². The normalized spacial score (nSPS) is 10.7. The van der Waals surface area contributed by atoms with Gasteiger partial charge in [-0.15, -0.1) is 0 Å². The molecule has 0 aliphatic heterocycles. The summed E-state index contributed by atoms with van der Waals surface area (Å²) in [5, 5.41) is 2.86. The van der Waals surface area contributed by atoms with Crippen LogP contribution in [-0.2, 0) is 4.79 Å². The zero-order chi connectivity index (χ0) is 19.9. The maximum Gasteiger partial charge on any atom is 0.248 e. The third kappa shape index (κ3) is 4.73. The molecule has 142 valence electrons. The standard InChI is InChI=1S/C22H21N3O3/c1-15-23-12-11-19(24-15)17-5-4-6-18(14-17)25-22(26)10-8-16-7-9-20(27-2)21(13-16)28-3/h4-14H,1-3H3,(H,25,26)/b10-8+. The van der Waals surface area contributed by atoms with Gasteiger partial charge in [-0.1, -0.05) is 18.2 Å². The molecular weight excluding hydrogens is 354 g/mol. The van der Waals surface area contributed by atoms with Gasteiger partial charge in [0.05, 0.1) is 19.9 Å². The van der Waals surface area contributed by atoms with E-state index in [1.165, 1.54) is 6.08 Å². The van der Waals surface area contributed by atoms with Crippen LogP contribution in [0.15, 0.2) is 60.8 Å². The van der Waals surface area contributed by atoms with Gasteiger partial charge in [-0.25, -0.2) is 9.97 Å². The molecule has 6 heteroatoms. The lowest BCUT2D eigenvalue weighted by atomic mass is 10.1. The number of carbonyl (C=O) groups is 1. The number of hydrogen-bond donors (Lipinski definition) is 1. The lowest BCUT2D eigenvalue weighted by Crippen LogP contribution is -2.07. The highest BCUT2D eigenvalue weighted by Gasteiger charge is 2.05. The minimum Gasteiger partial charge on any atom is -0.493 e. The molecule has 1 heterocycles. The number of aryl methyl sites for hydroxylation is 1. The Hall–Kier alpha value is -3.67. The van der Waals surface area contributed by atoms with Gasteiger partial charge in [0.2, 0.25) is 5.91 Å². The molecule has 1 amide bonds. The van der Waals surface area contributed by atoms with Crippen molar-refractivity contribution in [2.24, 2.45) is 0 Å². The van der Waals surface area contributed by atoms with Crippen LogP contribution in [0, 0.1) is 6.92 Å². The first-order chi connectivity index (χ1) is 13.6. The molecule has 28 heavy (non-hydrogen) atoms. The average Bonchev–Trinajstić information content (AvgIpc) is 2.72. The first kappa shape index (κ1) is 19.1. The number of nitrogens with zero attached hydrogens (tertiary/aromatic N) is 2. The fourth-order valence-corrected chi connectivity index (χ4v) is 2.69. The van der Waals surface area contributed by atoms with Crippen LogP contribution < -0.4 is 14.8 Å². The second kappa shape index (κ2) is 8.81. The van der Waals surface area contributed by atoms with E-state index < -0.39 is 0 Å². The van der Waals surface area contributed by atoms with Crippen molar-refractivity contribution < 1.29 is 14.3 Å². The predicted octanol–water partition coefficient (Wildman–Crippen LogP) is 4.12. The van der Waals surface area contributed by atoms with E-state index in [0.29, 0.717) is 23.0 Å². The fraction of sp³-hybridized carbons (Fsp3) is 0.136. The van der Waals surface area contributed by atoms with Crippen molar-refractivity contribution in [2.45, 2.75) is 6.92 Å². The molecule has 0 saturated carbocycles. The molecule has 6 nitrogen and oxygen atoms in total. The van der Waals surface area contributed by atoms with Gasteiger partial charge in [0.25, 0.3) is 0 Å². The Morgan fingerprint density at radius 1 is 1.04 bits per heavy atom. The van der Waals surface area contributed by atoms with Crippen LogP contribution in [0.3, 0.4) is 0 Å². The van der Waals surface area contributed by atoms with Crippen molar-refractivity contribution in [1.29, 1.82) is 0 Å². The molecule has 1 N–H and O–H groups in total. The Bertz CT molecular complexity index is 1020. The van der Waals surface area contributed by atoms with Gasteiger partial charge in [-0.05, 0) is 48.9 Å². The Morgan fingerprint density at radius 2 is 1.86 bits per heavy atom. The van der Waals surface area contributed by atoms with E-state index in [9.17, 15) is 4.79 Å². The molecule has 0 unspecified atom stereocenters. The molecule has 0 atom stereocenters. The number of carbonyl (C=O) groups excluding carboxylic acids is 1. The Morgan fingerprint density at radius 3 is 2.61 bits per heavy atom. The molecule has 0 radical (unpaired) electrons. The number of amides is 1. The number of nitrogens with one attached hydrogen (secondary N) is 1.